The standard InChI is InChI=1S/C12H13F2NO2.ClH/c13-8-4-1-3-7(10(8)14)12(15)6-2-5-9(16)11(12)17;/h1,3-4,9,16H,2,5-6,15H2;1H. The molecule has 0 heterocycles. The van der Waals surface area contributed by atoms with Crippen LogP contribution in [0.15, 0.2) is 18.2 Å². The lowest BCUT2D eigenvalue weighted by atomic mass is 9.75. The lowest BCUT2D eigenvalue weighted by molar-refractivity contribution is -0.136. The number of rotatable bonds is 1. The number of benzene rings is 1. The van der Waals surface area contributed by atoms with Gasteiger partial charge in [-0.3, -0.25) is 4.79 Å². The predicted molar refractivity (Wildman–Crippen MR) is 64.3 cm³/mol. The third kappa shape index (κ3) is 2.25. The van der Waals surface area contributed by atoms with Gasteiger partial charge in [0.2, 0.25) is 0 Å². The summed E-state index contributed by atoms with van der Waals surface area (Å²) in [6, 6.07) is 3.55. The molecule has 0 bridgehead atoms. The summed E-state index contributed by atoms with van der Waals surface area (Å²) in [5.41, 5.74) is 4.07. The summed E-state index contributed by atoms with van der Waals surface area (Å²) in [4.78, 5) is 11.8. The van der Waals surface area contributed by atoms with Gasteiger partial charge in [-0.25, -0.2) is 8.78 Å². The van der Waals surface area contributed by atoms with E-state index in [1.165, 1.54) is 12.1 Å². The average molecular weight is 278 g/mol. The first-order chi connectivity index (χ1) is 7.97. The second kappa shape index (κ2) is 5.30. The van der Waals surface area contributed by atoms with E-state index in [0.717, 1.165) is 6.07 Å². The molecule has 0 amide bonds. The molecule has 1 aliphatic rings. The van der Waals surface area contributed by atoms with Crippen LogP contribution >= 0.6 is 12.4 Å². The van der Waals surface area contributed by atoms with Crippen LogP contribution < -0.4 is 5.73 Å². The Hall–Kier alpha value is -1.04. The molecule has 2 rings (SSSR count). The monoisotopic (exact) mass is 277 g/mol. The van der Waals surface area contributed by atoms with Gasteiger partial charge in [-0.1, -0.05) is 12.1 Å². The summed E-state index contributed by atoms with van der Waals surface area (Å²) in [5.74, 6) is -2.80. The first-order valence-electron chi connectivity index (χ1n) is 5.42. The molecule has 3 N–H and O–H groups in total. The molecule has 2 atom stereocenters. The number of Topliss-reactive ketones (excluding diaryl/α,β-unsaturated/α-hetero) is 1. The predicted octanol–water partition coefficient (Wildman–Crippen LogP) is 1.65. The molecular weight excluding hydrogens is 264 g/mol. The highest BCUT2D eigenvalue weighted by Gasteiger charge is 2.44. The molecule has 1 fully saturated rings. The van der Waals surface area contributed by atoms with E-state index in [1.807, 2.05) is 0 Å². The van der Waals surface area contributed by atoms with Crippen LogP contribution in [0.5, 0.6) is 0 Å². The van der Waals surface area contributed by atoms with Gasteiger partial charge in [-0.15, -0.1) is 12.4 Å². The molecule has 0 aromatic heterocycles. The fourth-order valence-electron chi connectivity index (χ4n) is 2.24. The van der Waals surface area contributed by atoms with Gasteiger partial charge in [0, 0.05) is 5.56 Å². The maximum atomic E-state index is 13.6. The highest BCUT2D eigenvalue weighted by atomic mass is 35.5. The van der Waals surface area contributed by atoms with Crippen LogP contribution in [0.1, 0.15) is 24.8 Å². The van der Waals surface area contributed by atoms with E-state index in [9.17, 15) is 18.7 Å². The quantitative estimate of drug-likeness (QED) is 0.820. The molecule has 2 unspecified atom stereocenters. The zero-order valence-electron chi connectivity index (χ0n) is 9.53. The number of aliphatic hydroxyl groups excluding tert-OH is 1. The van der Waals surface area contributed by atoms with Crippen molar-refractivity contribution in [2.45, 2.75) is 30.9 Å². The minimum absolute atomic E-state index is 0. The molecule has 3 nitrogen and oxygen atoms in total. The maximum Gasteiger partial charge on any atom is 0.185 e. The number of carbonyl (C=O) groups excluding carboxylic acids is 1. The highest BCUT2D eigenvalue weighted by Crippen LogP contribution is 2.34. The number of carbonyl (C=O) groups is 1. The van der Waals surface area contributed by atoms with E-state index in [2.05, 4.69) is 0 Å². The molecule has 1 aromatic rings. The maximum absolute atomic E-state index is 13.6. The van der Waals surface area contributed by atoms with Crippen molar-refractivity contribution in [1.82, 2.24) is 0 Å². The summed E-state index contributed by atoms with van der Waals surface area (Å²) in [7, 11) is 0. The molecule has 1 saturated carbocycles. The van der Waals surface area contributed by atoms with Gasteiger partial charge < -0.3 is 10.8 Å². The normalized spacial score (nSPS) is 27.8. The minimum atomic E-state index is -1.62. The van der Waals surface area contributed by atoms with Crippen molar-refractivity contribution < 1.29 is 18.7 Å². The molecule has 0 saturated heterocycles. The second-order valence-electron chi connectivity index (χ2n) is 4.35. The lowest BCUT2D eigenvalue weighted by Gasteiger charge is -2.34. The van der Waals surface area contributed by atoms with Gasteiger partial charge in [0.25, 0.3) is 0 Å². The van der Waals surface area contributed by atoms with Crippen LogP contribution in [0, 0.1) is 11.6 Å². The van der Waals surface area contributed by atoms with Gasteiger partial charge in [-0.05, 0) is 25.3 Å². The average Bonchev–Trinajstić information content (AvgIpc) is 2.29. The molecule has 18 heavy (non-hydrogen) atoms. The van der Waals surface area contributed by atoms with Crippen molar-refractivity contribution in [3.05, 3.63) is 35.4 Å². The first-order valence-corrected chi connectivity index (χ1v) is 5.42. The molecule has 1 aromatic carbocycles. The third-order valence-electron chi connectivity index (χ3n) is 3.22. The van der Waals surface area contributed by atoms with Crippen molar-refractivity contribution in [2.24, 2.45) is 5.73 Å². The van der Waals surface area contributed by atoms with E-state index in [0.29, 0.717) is 12.8 Å². The first kappa shape index (κ1) is 15.0. The Morgan fingerprint density at radius 3 is 2.72 bits per heavy atom. The molecule has 0 spiro atoms. The Morgan fingerprint density at radius 1 is 1.39 bits per heavy atom. The zero-order chi connectivity index (χ0) is 12.6. The highest BCUT2D eigenvalue weighted by molar-refractivity contribution is 5.93. The number of hydrogen-bond acceptors (Lipinski definition) is 3. The number of ketones is 1. The Kier molecular flexibility index (Phi) is 4.42. The van der Waals surface area contributed by atoms with Crippen LogP contribution in [-0.2, 0) is 10.3 Å². The lowest BCUT2D eigenvalue weighted by Crippen LogP contribution is -2.53. The van der Waals surface area contributed by atoms with E-state index in [1.54, 1.807) is 0 Å². The van der Waals surface area contributed by atoms with Gasteiger partial charge >= 0.3 is 0 Å². The number of nitrogens with two attached hydrogens (primary N) is 1. The summed E-state index contributed by atoms with van der Waals surface area (Å²) < 4.78 is 26.8. The van der Waals surface area contributed by atoms with E-state index in [4.69, 9.17) is 5.73 Å². The van der Waals surface area contributed by atoms with Crippen LogP contribution in [0.4, 0.5) is 8.78 Å². The Labute approximate surface area is 109 Å². The second-order valence-corrected chi connectivity index (χ2v) is 4.35. The van der Waals surface area contributed by atoms with E-state index in [-0.39, 0.29) is 24.4 Å². The van der Waals surface area contributed by atoms with E-state index >= 15 is 0 Å². The Morgan fingerprint density at radius 2 is 2.06 bits per heavy atom. The Balaban J connectivity index is 0.00000162. The summed E-state index contributed by atoms with van der Waals surface area (Å²) >= 11 is 0. The van der Waals surface area contributed by atoms with Gasteiger partial charge in [0.15, 0.2) is 17.4 Å². The van der Waals surface area contributed by atoms with Crippen molar-refractivity contribution >= 4 is 18.2 Å². The van der Waals surface area contributed by atoms with Crippen molar-refractivity contribution in [3.8, 4) is 0 Å². The van der Waals surface area contributed by atoms with Crippen LogP contribution in [0.3, 0.4) is 0 Å². The van der Waals surface area contributed by atoms with Crippen molar-refractivity contribution in [1.29, 1.82) is 0 Å². The summed E-state index contributed by atoms with van der Waals surface area (Å²) in [6.07, 6.45) is -0.173. The van der Waals surface area contributed by atoms with Gasteiger partial charge in [0.05, 0.1) is 0 Å². The molecule has 1 aliphatic carbocycles. The molecular formula is C12H14ClF2NO2. The fraction of sp³-hybridized carbons (Fsp3) is 0.417. The van der Waals surface area contributed by atoms with Gasteiger partial charge in [-0.2, -0.15) is 0 Å². The number of halogens is 3. The van der Waals surface area contributed by atoms with Gasteiger partial charge in [0.1, 0.15) is 11.6 Å². The number of hydrogen-bond donors (Lipinski definition) is 2. The van der Waals surface area contributed by atoms with Crippen LogP contribution in [0.25, 0.3) is 0 Å². The van der Waals surface area contributed by atoms with Crippen LogP contribution in [0.2, 0.25) is 0 Å². The van der Waals surface area contributed by atoms with Crippen LogP contribution in [-0.4, -0.2) is 17.0 Å². The smallest absolute Gasteiger partial charge is 0.185 e. The number of aliphatic hydroxyl groups is 1. The van der Waals surface area contributed by atoms with E-state index < -0.39 is 29.1 Å². The molecule has 6 heteroatoms. The largest absolute Gasteiger partial charge is 0.385 e. The fourth-order valence-corrected chi connectivity index (χ4v) is 2.24. The summed E-state index contributed by atoms with van der Waals surface area (Å²) in [6.45, 7) is 0. The third-order valence-corrected chi connectivity index (χ3v) is 3.22. The molecule has 0 radical (unpaired) electrons. The summed E-state index contributed by atoms with van der Waals surface area (Å²) in [5, 5.41) is 9.49. The Bertz CT molecular complexity index is 469. The molecule has 100 valence electrons. The molecule has 0 aliphatic heterocycles. The van der Waals surface area contributed by atoms with Crippen molar-refractivity contribution in [2.75, 3.05) is 0 Å². The topological polar surface area (TPSA) is 63.3 Å². The van der Waals surface area contributed by atoms with Crippen molar-refractivity contribution in [3.63, 3.8) is 0 Å². The minimum Gasteiger partial charge on any atom is -0.385 e. The SMILES string of the molecule is Cl.NC1(c2cccc(F)c2F)CCCC(O)C1=O. The zero-order valence-corrected chi connectivity index (χ0v) is 10.3.